The minimum atomic E-state index is -0.214. The molecule has 104 valence electrons. The molecule has 1 amide bonds. The Bertz CT molecular complexity index is 442. The molecule has 19 heavy (non-hydrogen) atoms. The summed E-state index contributed by atoms with van der Waals surface area (Å²) in [6, 6.07) is 4.89. The van der Waals surface area contributed by atoms with Gasteiger partial charge in [0.1, 0.15) is 5.82 Å². The Morgan fingerprint density at radius 2 is 2.37 bits per heavy atom. The smallest absolute Gasteiger partial charge is 0.220 e. The van der Waals surface area contributed by atoms with Gasteiger partial charge in [-0.2, -0.15) is 0 Å². The highest BCUT2D eigenvalue weighted by Gasteiger charge is 2.16. The molecule has 3 nitrogen and oxygen atoms in total. The van der Waals surface area contributed by atoms with Gasteiger partial charge in [0.05, 0.1) is 6.10 Å². The molecule has 1 aromatic rings. The number of hydrogen-bond acceptors (Lipinski definition) is 2. The van der Waals surface area contributed by atoms with Gasteiger partial charge in [-0.15, -0.1) is 0 Å². The summed E-state index contributed by atoms with van der Waals surface area (Å²) in [5.41, 5.74) is 1.52. The van der Waals surface area contributed by atoms with Crippen LogP contribution < -0.4 is 5.32 Å². The molecular weight excluding hydrogens is 245 g/mol. The van der Waals surface area contributed by atoms with Gasteiger partial charge >= 0.3 is 0 Å². The fourth-order valence-electron chi connectivity index (χ4n) is 2.27. The minimum absolute atomic E-state index is 0.0254. The highest BCUT2D eigenvalue weighted by molar-refractivity contribution is 5.75. The molecule has 0 aromatic heterocycles. The van der Waals surface area contributed by atoms with Gasteiger partial charge in [0, 0.05) is 19.6 Å². The molecule has 1 atom stereocenters. The SMILES string of the molecule is Cc1cc(CNC(=O)CCC2CCCO2)ccc1F. The Labute approximate surface area is 113 Å². The second kappa shape index (κ2) is 6.66. The first kappa shape index (κ1) is 14.0. The van der Waals surface area contributed by atoms with Crippen LogP contribution in [0, 0.1) is 12.7 Å². The monoisotopic (exact) mass is 265 g/mol. The Hall–Kier alpha value is -1.42. The molecule has 1 unspecified atom stereocenters. The van der Waals surface area contributed by atoms with Crippen molar-refractivity contribution in [1.29, 1.82) is 0 Å². The summed E-state index contributed by atoms with van der Waals surface area (Å²) in [5, 5.41) is 2.85. The summed E-state index contributed by atoms with van der Waals surface area (Å²) in [7, 11) is 0. The lowest BCUT2D eigenvalue weighted by molar-refractivity contribution is -0.121. The molecule has 0 radical (unpaired) electrons. The fourth-order valence-corrected chi connectivity index (χ4v) is 2.27. The quantitative estimate of drug-likeness (QED) is 0.889. The van der Waals surface area contributed by atoms with Crippen LogP contribution in [0.1, 0.15) is 36.8 Å². The van der Waals surface area contributed by atoms with Gasteiger partial charge in [-0.1, -0.05) is 12.1 Å². The second-order valence-corrected chi connectivity index (χ2v) is 5.03. The van der Waals surface area contributed by atoms with Gasteiger partial charge in [-0.05, 0) is 43.4 Å². The van der Waals surface area contributed by atoms with Crippen LogP contribution in [-0.4, -0.2) is 18.6 Å². The van der Waals surface area contributed by atoms with Gasteiger partial charge < -0.3 is 10.1 Å². The average Bonchev–Trinajstić information content (AvgIpc) is 2.91. The van der Waals surface area contributed by atoms with Crippen LogP contribution in [0.4, 0.5) is 4.39 Å². The maximum atomic E-state index is 13.1. The van der Waals surface area contributed by atoms with E-state index in [9.17, 15) is 9.18 Å². The van der Waals surface area contributed by atoms with Crippen molar-refractivity contribution in [3.63, 3.8) is 0 Å². The molecule has 2 rings (SSSR count). The van der Waals surface area contributed by atoms with E-state index in [1.54, 1.807) is 19.1 Å². The Morgan fingerprint density at radius 1 is 1.53 bits per heavy atom. The number of nitrogens with one attached hydrogen (secondary N) is 1. The van der Waals surface area contributed by atoms with Crippen LogP contribution in [-0.2, 0) is 16.1 Å². The van der Waals surface area contributed by atoms with E-state index in [4.69, 9.17) is 4.74 Å². The van der Waals surface area contributed by atoms with Crippen molar-refractivity contribution in [3.05, 3.63) is 35.1 Å². The zero-order valence-electron chi connectivity index (χ0n) is 11.2. The number of benzene rings is 1. The lowest BCUT2D eigenvalue weighted by Crippen LogP contribution is -2.24. The molecule has 1 fully saturated rings. The minimum Gasteiger partial charge on any atom is -0.378 e. The lowest BCUT2D eigenvalue weighted by Gasteiger charge is -2.10. The first-order valence-corrected chi connectivity index (χ1v) is 6.78. The van der Waals surface area contributed by atoms with Gasteiger partial charge in [0.15, 0.2) is 0 Å². The van der Waals surface area contributed by atoms with Gasteiger partial charge in [0.2, 0.25) is 5.91 Å². The fraction of sp³-hybridized carbons (Fsp3) is 0.533. The van der Waals surface area contributed by atoms with E-state index in [1.807, 2.05) is 0 Å². The Balaban J connectivity index is 1.71. The number of amides is 1. The third kappa shape index (κ3) is 4.31. The molecule has 0 bridgehead atoms. The van der Waals surface area contributed by atoms with Crippen molar-refractivity contribution in [2.45, 2.75) is 45.3 Å². The van der Waals surface area contributed by atoms with Gasteiger partial charge in [-0.3, -0.25) is 4.79 Å². The van der Waals surface area contributed by atoms with Crippen molar-refractivity contribution >= 4 is 5.91 Å². The van der Waals surface area contributed by atoms with Crippen LogP contribution in [0.25, 0.3) is 0 Å². The zero-order chi connectivity index (χ0) is 13.7. The van der Waals surface area contributed by atoms with Crippen molar-refractivity contribution in [3.8, 4) is 0 Å². The van der Waals surface area contributed by atoms with E-state index in [0.29, 0.717) is 18.5 Å². The van der Waals surface area contributed by atoms with Crippen LogP contribution in [0.5, 0.6) is 0 Å². The Kier molecular flexibility index (Phi) is 4.91. The van der Waals surface area contributed by atoms with Crippen molar-refractivity contribution in [1.82, 2.24) is 5.32 Å². The van der Waals surface area contributed by atoms with E-state index >= 15 is 0 Å². The van der Waals surface area contributed by atoms with Crippen LogP contribution in [0.3, 0.4) is 0 Å². The molecule has 0 saturated carbocycles. The summed E-state index contributed by atoms with van der Waals surface area (Å²) in [4.78, 5) is 11.7. The molecule has 0 spiro atoms. The van der Waals surface area contributed by atoms with Gasteiger partial charge in [-0.25, -0.2) is 4.39 Å². The first-order valence-electron chi connectivity index (χ1n) is 6.78. The van der Waals surface area contributed by atoms with Crippen molar-refractivity contribution in [2.24, 2.45) is 0 Å². The summed E-state index contributed by atoms with van der Waals surface area (Å²) in [6.45, 7) is 2.99. The average molecular weight is 265 g/mol. The van der Waals surface area contributed by atoms with E-state index in [2.05, 4.69) is 5.32 Å². The van der Waals surface area contributed by atoms with E-state index in [-0.39, 0.29) is 17.8 Å². The normalized spacial score (nSPS) is 18.5. The molecular formula is C15H20FNO2. The molecule has 0 aliphatic carbocycles. The topological polar surface area (TPSA) is 38.3 Å². The summed E-state index contributed by atoms with van der Waals surface area (Å²) >= 11 is 0. The number of hydrogen-bond donors (Lipinski definition) is 1. The van der Waals surface area contributed by atoms with E-state index in [1.165, 1.54) is 6.07 Å². The predicted molar refractivity (Wildman–Crippen MR) is 71.2 cm³/mol. The number of halogens is 1. The Morgan fingerprint density at radius 3 is 3.05 bits per heavy atom. The van der Waals surface area contributed by atoms with Crippen molar-refractivity contribution in [2.75, 3.05) is 6.61 Å². The van der Waals surface area contributed by atoms with E-state index in [0.717, 1.165) is 31.4 Å². The van der Waals surface area contributed by atoms with Crippen molar-refractivity contribution < 1.29 is 13.9 Å². The predicted octanol–water partition coefficient (Wildman–Crippen LogP) is 2.71. The molecule has 1 N–H and O–H groups in total. The number of aryl methyl sites for hydroxylation is 1. The third-order valence-corrected chi connectivity index (χ3v) is 3.43. The van der Waals surface area contributed by atoms with E-state index < -0.39 is 0 Å². The first-order chi connectivity index (χ1) is 9.15. The highest BCUT2D eigenvalue weighted by Crippen LogP contribution is 2.16. The molecule has 1 aromatic carbocycles. The zero-order valence-corrected chi connectivity index (χ0v) is 11.2. The highest BCUT2D eigenvalue weighted by atomic mass is 19.1. The van der Waals surface area contributed by atoms with Crippen LogP contribution in [0.2, 0.25) is 0 Å². The molecule has 4 heteroatoms. The van der Waals surface area contributed by atoms with Gasteiger partial charge in [0.25, 0.3) is 0 Å². The largest absolute Gasteiger partial charge is 0.378 e. The third-order valence-electron chi connectivity index (χ3n) is 3.43. The molecule has 1 aliphatic rings. The number of carbonyl (C=O) groups is 1. The summed E-state index contributed by atoms with van der Waals surface area (Å²) in [6.07, 6.45) is 3.68. The molecule has 1 heterocycles. The molecule has 1 aliphatic heterocycles. The standard InChI is InChI=1S/C15H20FNO2/c1-11-9-12(4-6-14(11)16)10-17-15(18)7-5-13-3-2-8-19-13/h4,6,9,13H,2-3,5,7-8,10H2,1H3,(H,17,18). The summed E-state index contributed by atoms with van der Waals surface area (Å²) in [5.74, 6) is -0.189. The summed E-state index contributed by atoms with van der Waals surface area (Å²) < 4.78 is 18.6. The number of ether oxygens (including phenoxy) is 1. The maximum Gasteiger partial charge on any atom is 0.220 e. The second-order valence-electron chi connectivity index (χ2n) is 5.03. The number of rotatable bonds is 5. The van der Waals surface area contributed by atoms with Crippen LogP contribution >= 0.6 is 0 Å². The lowest BCUT2D eigenvalue weighted by atomic mass is 10.1. The molecule has 1 saturated heterocycles. The maximum absolute atomic E-state index is 13.1. The van der Waals surface area contributed by atoms with Crippen LogP contribution in [0.15, 0.2) is 18.2 Å². The number of carbonyl (C=O) groups excluding carboxylic acids is 1.